The summed E-state index contributed by atoms with van der Waals surface area (Å²) in [5.41, 5.74) is 2.35. The molecule has 20 heavy (non-hydrogen) atoms. The number of rotatable bonds is 4. The summed E-state index contributed by atoms with van der Waals surface area (Å²) in [5.74, 6) is 1.00. The van der Waals surface area contributed by atoms with E-state index in [0.29, 0.717) is 0 Å². The first-order valence-corrected chi connectivity index (χ1v) is 7.13. The van der Waals surface area contributed by atoms with E-state index < -0.39 is 0 Å². The molecule has 0 amide bonds. The first-order valence-electron chi connectivity index (χ1n) is 7.13. The zero-order chi connectivity index (χ0) is 13.6. The summed E-state index contributed by atoms with van der Waals surface area (Å²) in [6.07, 6.45) is 5.64. The van der Waals surface area contributed by atoms with Gasteiger partial charge in [0.05, 0.1) is 11.9 Å². The van der Waals surface area contributed by atoms with Gasteiger partial charge >= 0.3 is 0 Å². The van der Waals surface area contributed by atoms with Crippen LogP contribution in [0.3, 0.4) is 0 Å². The van der Waals surface area contributed by atoms with Gasteiger partial charge in [0.1, 0.15) is 5.82 Å². The molecule has 0 spiro atoms. The molecule has 1 fully saturated rings. The van der Waals surface area contributed by atoms with Crippen LogP contribution in [0.5, 0.6) is 0 Å². The van der Waals surface area contributed by atoms with Gasteiger partial charge in [-0.05, 0) is 24.5 Å². The normalized spacial score (nSPS) is 15.3. The molecule has 3 rings (SSSR count). The third-order valence-electron chi connectivity index (χ3n) is 3.55. The number of nitrogens with one attached hydrogen (secondary N) is 1. The Kier molecular flexibility index (Phi) is 4.23. The van der Waals surface area contributed by atoms with Gasteiger partial charge in [-0.3, -0.25) is 4.98 Å². The van der Waals surface area contributed by atoms with Crippen LogP contribution in [0.2, 0.25) is 0 Å². The lowest BCUT2D eigenvalue weighted by Crippen LogP contribution is -2.44. The quantitative estimate of drug-likeness (QED) is 0.911. The molecule has 0 aliphatic carbocycles. The lowest BCUT2D eigenvalue weighted by atomic mass is 10.1. The van der Waals surface area contributed by atoms with E-state index in [4.69, 9.17) is 4.98 Å². The van der Waals surface area contributed by atoms with E-state index >= 15 is 0 Å². The van der Waals surface area contributed by atoms with E-state index in [-0.39, 0.29) is 0 Å². The number of benzene rings is 1. The molecular formula is C16H19N4. The van der Waals surface area contributed by atoms with Crippen LogP contribution in [0.25, 0.3) is 0 Å². The van der Waals surface area contributed by atoms with Crippen molar-refractivity contribution in [2.24, 2.45) is 0 Å². The Morgan fingerprint density at radius 2 is 2.10 bits per heavy atom. The van der Waals surface area contributed by atoms with Gasteiger partial charge in [0.15, 0.2) is 0 Å². The van der Waals surface area contributed by atoms with Gasteiger partial charge in [0.25, 0.3) is 0 Å². The maximum atomic E-state index is 4.74. The molecule has 1 aliphatic heterocycles. The molecule has 1 aromatic carbocycles. The molecule has 1 N–H and O–H groups in total. The molecule has 0 saturated carbocycles. The molecule has 0 unspecified atom stereocenters. The van der Waals surface area contributed by atoms with Crippen LogP contribution >= 0.6 is 0 Å². The lowest BCUT2D eigenvalue weighted by Gasteiger charge is -2.28. The van der Waals surface area contributed by atoms with E-state index in [1.165, 1.54) is 5.56 Å². The Balaban J connectivity index is 1.65. The van der Waals surface area contributed by atoms with Crippen LogP contribution in [0.4, 0.5) is 5.82 Å². The molecule has 2 aromatic rings. The van der Waals surface area contributed by atoms with Gasteiger partial charge in [-0.2, -0.15) is 0 Å². The van der Waals surface area contributed by atoms with Gasteiger partial charge in [0.2, 0.25) is 0 Å². The molecule has 103 valence electrons. The van der Waals surface area contributed by atoms with Crippen LogP contribution in [0, 0.1) is 6.07 Å². The number of hydrogen-bond donors (Lipinski definition) is 1. The van der Waals surface area contributed by atoms with Gasteiger partial charge < -0.3 is 10.2 Å². The third kappa shape index (κ3) is 3.33. The van der Waals surface area contributed by atoms with Crippen LogP contribution in [0.15, 0.2) is 36.7 Å². The number of hydrogen-bond acceptors (Lipinski definition) is 4. The van der Waals surface area contributed by atoms with Crippen molar-refractivity contribution in [2.45, 2.75) is 12.8 Å². The fourth-order valence-electron chi connectivity index (χ4n) is 2.42. The molecule has 1 aliphatic rings. The summed E-state index contributed by atoms with van der Waals surface area (Å²) >= 11 is 0. The second-order valence-corrected chi connectivity index (χ2v) is 5.02. The fourth-order valence-corrected chi connectivity index (χ4v) is 2.42. The maximum absolute atomic E-state index is 4.74. The minimum atomic E-state index is 0.921. The van der Waals surface area contributed by atoms with Gasteiger partial charge in [-0.15, -0.1) is 0 Å². The van der Waals surface area contributed by atoms with Crippen molar-refractivity contribution in [1.82, 2.24) is 15.3 Å². The zero-order valence-corrected chi connectivity index (χ0v) is 11.5. The molecule has 1 saturated heterocycles. The second kappa shape index (κ2) is 6.48. The third-order valence-corrected chi connectivity index (χ3v) is 3.55. The number of aromatic nitrogens is 2. The van der Waals surface area contributed by atoms with E-state index in [0.717, 1.165) is 50.5 Å². The molecule has 4 heteroatoms. The number of anilines is 1. The average Bonchev–Trinajstić information content (AvgIpc) is 2.55. The van der Waals surface area contributed by atoms with Gasteiger partial charge in [0, 0.05) is 32.4 Å². The summed E-state index contributed by atoms with van der Waals surface area (Å²) < 4.78 is 0. The Labute approximate surface area is 119 Å². The smallest absolute Gasteiger partial charge is 0.147 e. The van der Waals surface area contributed by atoms with Crippen LogP contribution < -0.4 is 10.2 Å². The van der Waals surface area contributed by atoms with Crippen LogP contribution in [-0.4, -0.2) is 36.1 Å². The first-order chi connectivity index (χ1) is 9.92. The monoisotopic (exact) mass is 267 g/mol. The summed E-state index contributed by atoms with van der Waals surface area (Å²) in [6, 6.07) is 11.2. The molecule has 1 radical (unpaired) electrons. The molecular weight excluding hydrogens is 248 g/mol. The van der Waals surface area contributed by atoms with Crippen molar-refractivity contribution in [3.63, 3.8) is 0 Å². The Hall–Kier alpha value is -1.94. The molecule has 2 heterocycles. The molecule has 0 atom stereocenters. The number of nitrogens with zero attached hydrogens (tertiary/aromatic N) is 3. The predicted molar refractivity (Wildman–Crippen MR) is 79.8 cm³/mol. The maximum Gasteiger partial charge on any atom is 0.147 e. The van der Waals surface area contributed by atoms with Gasteiger partial charge in [-0.1, -0.05) is 24.3 Å². The predicted octanol–water partition coefficient (Wildman–Crippen LogP) is 1.47. The van der Waals surface area contributed by atoms with Crippen LogP contribution in [0.1, 0.15) is 11.3 Å². The Morgan fingerprint density at radius 3 is 2.90 bits per heavy atom. The Morgan fingerprint density at radius 1 is 1.20 bits per heavy atom. The first kappa shape index (κ1) is 13.1. The van der Waals surface area contributed by atoms with E-state index in [9.17, 15) is 0 Å². The highest BCUT2D eigenvalue weighted by molar-refractivity contribution is 5.37. The molecule has 1 aromatic heterocycles. The van der Waals surface area contributed by atoms with Gasteiger partial charge in [-0.25, -0.2) is 4.98 Å². The Bertz CT molecular complexity index is 535. The molecule has 4 nitrogen and oxygen atoms in total. The lowest BCUT2D eigenvalue weighted by molar-refractivity contribution is 0.583. The summed E-state index contributed by atoms with van der Waals surface area (Å²) in [6.45, 7) is 4.05. The average molecular weight is 267 g/mol. The minimum absolute atomic E-state index is 0.921. The number of piperazine rings is 1. The highest BCUT2D eigenvalue weighted by Crippen LogP contribution is 2.12. The van der Waals surface area contributed by atoms with Crippen molar-refractivity contribution in [2.75, 3.05) is 31.1 Å². The zero-order valence-electron chi connectivity index (χ0n) is 11.5. The highest BCUT2D eigenvalue weighted by Gasteiger charge is 2.12. The topological polar surface area (TPSA) is 41.1 Å². The SMILES string of the molecule is [c]1cccc(CCc2cncc(N3CCNCC3)n2)c1. The number of aryl methyl sites for hydroxylation is 2. The summed E-state index contributed by atoms with van der Waals surface area (Å²) in [7, 11) is 0. The van der Waals surface area contributed by atoms with E-state index in [2.05, 4.69) is 27.3 Å². The molecule has 0 bridgehead atoms. The minimum Gasteiger partial charge on any atom is -0.353 e. The fraction of sp³-hybridized carbons (Fsp3) is 0.375. The van der Waals surface area contributed by atoms with E-state index in [1.54, 1.807) is 0 Å². The highest BCUT2D eigenvalue weighted by atomic mass is 15.2. The van der Waals surface area contributed by atoms with Crippen molar-refractivity contribution in [1.29, 1.82) is 0 Å². The standard InChI is InChI=1S/C16H19N4/c1-2-4-14(5-3-1)6-7-15-12-18-13-16(19-15)20-10-8-17-9-11-20/h1-2,4-5,12-13,17H,6-11H2. The summed E-state index contributed by atoms with van der Waals surface area (Å²) in [5, 5.41) is 3.35. The van der Waals surface area contributed by atoms with Crippen molar-refractivity contribution >= 4 is 5.82 Å². The summed E-state index contributed by atoms with van der Waals surface area (Å²) in [4.78, 5) is 11.4. The van der Waals surface area contributed by atoms with Crippen LogP contribution in [-0.2, 0) is 12.8 Å². The van der Waals surface area contributed by atoms with Crippen molar-refractivity contribution in [3.8, 4) is 0 Å². The second-order valence-electron chi connectivity index (χ2n) is 5.02. The van der Waals surface area contributed by atoms with E-state index in [1.807, 2.05) is 30.6 Å². The van der Waals surface area contributed by atoms with Crippen molar-refractivity contribution in [3.05, 3.63) is 54.0 Å². The largest absolute Gasteiger partial charge is 0.353 e. The van der Waals surface area contributed by atoms with Crippen molar-refractivity contribution < 1.29 is 0 Å².